The highest BCUT2D eigenvalue weighted by atomic mass is 35.5. The van der Waals surface area contributed by atoms with Crippen LogP contribution in [0.1, 0.15) is 38.4 Å². The quantitative estimate of drug-likeness (QED) is 0.651. The van der Waals surface area contributed by atoms with Crippen LogP contribution >= 0.6 is 22.9 Å². The van der Waals surface area contributed by atoms with E-state index in [0.29, 0.717) is 42.4 Å². The highest BCUT2D eigenvalue weighted by Crippen LogP contribution is 2.28. The number of nitrogens with zero attached hydrogens (tertiary/aromatic N) is 1. The highest BCUT2D eigenvalue weighted by Gasteiger charge is 2.25. The van der Waals surface area contributed by atoms with Gasteiger partial charge in [0.1, 0.15) is 5.82 Å². The number of nitrogens with one attached hydrogen (secondary N) is 2. The molecule has 1 fully saturated rings. The Bertz CT molecular complexity index is 1100. The summed E-state index contributed by atoms with van der Waals surface area (Å²) in [6.45, 7) is 3.15. The van der Waals surface area contributed by atoms with Crippen LogP contribution in [-0.2, 0) is 10.0 Å². The van der Waals surface area contributed by atoms with Gasteiger partial charge in [-0.1, -0.05) is 11.6 Å². The summed E-state index contributed by atoms with van der Waals surface area (Å²) < 4.78 is 37.8. The largest absolute Gasteiger partial charge is 0.351 e. The molecule has 0 unspecified atom stereocenters. The van der Waals surface area contributed by atoms with Gasteiger partial charge >= 0.3 is 0 Å². The molecule has 7 nitrogen and oxygen atoms in total. The first-order valence-corrected chi connectivity index (χ1v) is 12.7. The van der Waals surface area contributed by atoms with Crippen LogP contribution in [0.15, 0.2) is 24.3 Å². The van der Waals surface area contributed by atoms with Crippen LogP contribution in [0.5, 0.6) is 0 Å². The SMILES string of the molecule is Cc1cc(NC(=O)c2ccc(F)cc2Cl)sc1C(=O)NCC1CCN(S(C)(=O)=O)CC1. The van der Waals surface area contributed by atoms with Gasteiger partial charge in [-0.15, -0.1) is 11.3 Å². The summed E-state index contributed by atoms with van der Waals surface area (Å²) in [5.41, 5.74) is 0.857. The second-order valence-corrected chi connectivity index (χ2v) is 11.0. The van der Waals surface area contributed by atoms with E-state index < -0.39 is 21.7 Å². The summed E-state index contributed by atoms with van der Waals surface area (Å²) >= 11 is 7.07. The van der Waals surface area contributed by atoms with E-state index in [2.05, 4.69) is 10.6 Å². The molecule has 11 heteroatoms. The number of anilines is 1. The van der Waals surface area contributed by atoms with Gasteiger partial charge in [0.2, 0.25) is 10.0 Å². The number of carbonyl (C=O) groups is 2. The van der Waals surface area contributed by atoms with Gasteiger partial charge in [0.25, 0.3) is 11.8 Å². The minimum absolute atomic E-state index is 0.00525. The van der Waals surface area contributed by atoms with Crippen LogP contribution in [0.25, 0.3) is 0 Å². The van der Waals surface area contributed by atoms with Crippen LogP contribution in [-0.4, -0.2) is 50.4 Å². The predicted molar refractivity (Wildman–Crippen MR) is 120 cm³/mol. The Morgan fingerprint density at radius 3 is 2.52 bits per heavy atom. The minimum atomic E-state index is -3.18. The molecule has 0 aliphatic carbocycles. The Morgan fingerprint density at radius 1 is 1.23 bits per heavy atom. The summed E-state index contributed by atoms with van der Waals surface area (Å²) in [6.07, 6.45) is 2.59. The van der Waals surface area contributed by atoms with Gasteiger partial charge in [0.15, 0.2) is 0 Å². The normalized spacial score (nSPS) is 15.6. The van der Waals surface area contributed by atoms with Crippen molar-refractivity contribution in [2.24, 2.45) is 5.92 Å². The Labute approximate surface area is 189 Å². The third kappa shape index (κ3) is 6.03. The van der Waals surface area contributed by atoms with Crippen molar-refractivity contribution in [3.63, 3.8) is 0 Å². The van der Waals surface area contributed by atoms with E-state index in [9.17, 15) is 22.4 Å². The maximum atomic E-state index is 13.2. The second kappa shape index (κ2) is 9.64. The Hall–Kier alpha value is -2.01. The molecule has 1 aliphatic heterocycles. The molecule has 0 spiro atoms. The fourth-order valence-electron chi connectivity index (χ4n) is 3.38. The van der Waals surface area contributed by atoms with Gasteiger partial charge in [-0.05, 0) is 55.5 Å². The van der Waals surface area contributed by atoms with E-state index >= 15 is 0 Å². The summed E-state index contributed by atoms with van der Waals surface area (Å²) in [4.78, 5) is 25.5. The molecule has 2 amide bonds. The van der Waals surface area contributed by atoms with Crippen LogP contribution in [0, 0.1) is 18.7 Å². The van der Waals surface area contributed by atoms with Gasteiger partial charge < -0.3 is 10.6 Å². The number of rotatable bonds is 6. The zero-order chi connectivity index (χ0) is 22.8. The van der Waals surface area contributed by atoms with Crippen molar-refractivity contribution in [2.45, 2.75) is 19.8 Å². The van der Waals surface area contributed by atoms with Crippen LogP contribution in [0.4, 0.5) is 9.39 Å². The van der Waals surface area contributed by atoms with Crippen molar-refractivity contribution in [3.8, 4) is 0 Å². The van der Waals surface area contributed by atoms with Crippen molar-refractivity contribution in [1.82, 2.24) is 9.62 Å². The number of amides is 2. The lowest BCUT2D eigenvalue weighted by atomic mass is 9.98. The van der Waals surface area contributed by atoms with E-state index in [1.807, 2.05) is 0 Å². The van der Waals surface area contributed by atoms with E-state index in [1.165, 1.54) is 16.6 Å². The Morgan fingerprint density at radius 2 is 1.90 bits per heavy atom. The number of halogens is 2. The number of aryl methyl sites for hydroxylation is 1. The summed E-state index contributed by atoms with van der Waals surface area (Å²) in [5.74, 6) is -1.05. The molecule has 31 heavy (non-hydrogen) atoms. The van der Waals surface area contributed by atoms with E-state index in [-0.39, 0.29) is 22.4 Å². The molecule has 2 heterocycles. The first-order chi connectivity index (χ1) is 14.5. The Balaban J connectivity index is 1.56. The average Bonchev–Trinajstić information content (AvgIpc) is 3.05. The number of sulfonamides is 1. The second-order valence-electron chi connectivity index (χ2n) is 7.52. The molecule has 0 atom stereocenters. The maximum Gasteiger partial charge on any atom is 0.261 e. The lowest BCUT2D eigenvalue weighted by Crippen LogP contribution is -2.41. The lowest BCUT2D eigenvalue weighted by Gasteiger charge is -2.30. The molecule has 0 bridgehead atoms. The van der Waals surface area contributed by atoms with Crippen LogP contribution in [0.2, 0.25) is 5.02 Å². The molecule has 1 aromatic carbocycles. The van der Waals surface area contributed by atoms with E-state index in [0.717, 1.165) is 29.0 Å². The number of benzene rings is 1. The molecule has 2 aromatic rings. The topological polar surface area (TPSA) is 95.6 Å². The standard InChI is InChI=1S/C20H23ClFN3O4S2/c1-12-9-17(24-19(26)15-4-3-14(22)10-16(15)21)30-18(12)20(27)23-11-13-5-7-25(8-6-13)31(2,28)29/h3-4,9-10,13H,5-8,11H2,1-2H3,(H,23,27)(H,24,26). The molecule has 2 N–H and O–H groups in total. The number of piperidine rings is 1. The van der Waals surface area contributed by atoms with E-state index in [1.54, 1.807) is 13.0 Å². The van der Waals surface area contributed by atoms with Crippen molar-refractivity contribution in [3.05, 3.63) is 51.1 Å². The third-order valence-corrected chi connectivity index (χ3v) is 7.90. The molecule has 168 valence electrons. The molecule has 0 radical (unpaired) electrons. The highest BCUT2D eigenvalue weighted by molar-refractivity contribution is 7.88. The zero-order valence-electron chi connectivity index (χ0n) is 17.1. The molecule has 3 rings (SSSR count). The minimum Gasteiger partial charge on any atom is -0.351 e. The summed E-state index contributed by atoms with van der Waals surface area (Å²) in [5, 5.41) is 6.08. The predicted octanol–water partition coefficient (Wildman–Crippen LogP) is 3.50. The molecular weight excluding hydrogens is 465 g/mol. The maximum absolute atomic E-state index is 13.2. The first kappa shape index (κ1) is 23.6. The molecular formula is C20H23ClFN3O4S2. The smallest absolute Gasteiger partial charge is 0.261 e. The fourth-order valence-corrected chi connectivity index (χ4v) is 5.50. The van der Waals surface area contributed by atoms with Crippen molar-refractivity contribution in [1.29, 1.82) is 0 Å². The third-order valence-electron chi connectivity index (χ3n) is 5.13. The van der Waals surface area contributed by atoms with Gasteiger partial charge in [-0.3, -0.25) is 9.59 Å². The zero-order valence-corrected chi connectivity index (χ0v) is 19.5. The lowest BCUT2D eigenvalue weighted by molar-refractivity contribution is 0.0944. The molecule has 1 aliphatic rings. The van der Waals surface area contributed by atoms with Gasteiger partial charge in [-0.2, -0.15) is 0 Å². The molecule has 0 saturated carbocycles. The number of hydrogen-bond acceptors (Lipinski definition) is 5. The average molecular weight is 488 g/mol. The summed E-state index contributed by atoms with van der Waals surface area (Å²) in [7, 11) is -3.18. The molecule has 1 saturated heterocycles. The van der Waals surface area contributed by atoms with Crippen molar-refractivity contribution in [2.75, 3.05) is 31.2 Å². The van der Waals surface area contributed by atoms with Crippen LogP contribution in [0.3, 0.4) is 0 Å². The Kier molecular flexibility index (Phi) is 7.35. The van der Waals surface area contributed by atoms with Crippen LogP contribution < -0.4 is 10.6 Å². The number of carbonyl (C=O) groups excluding carboxylic acids is 2. The van der Waals surface area contributed by atoms with E-state index in [4.69, 9.17) is 11.6 Å². The molecule has 1 aromatic heterocycles. The van der Waals surface area contributed by atoms with Gasteiger partial charge in [-0.25, -0.2) is 17.1 Å². The van der Waals surface area contributed by atoms with Crippen molar-refractivity contribution >= 4 is 49.8 Å². The number of thiophene rings is 1. The van der Waals surface area contributed by atoms with Crippen molar-refractivity contribution < 1.29 is 22.4 Å². The first-order valence-electron chi connectivity index (χ1n) is 9.64. The van der Waals surface area contributed by atoms with Gasteiger partial charge in [0.05, 0.1) is 26.7 Å². The number of hydrogen-bond donors (Lipinski definition) is 2. The monoisotopic (exact) mass is 487 g/mol. The fraction of sp³-hybridized carbons (Fsp3) is 0.400. The summed E-state index contributed by atoms with van der Waals surface area (Å²) in [6, 6.07) is 5.21. The van der Waals surface area contributed by atoms with Gasteiger partial charge in [0, 0.05) is 19.6 Å².